The van der Waals surface area contributed by atoms with Crippen LogP contribution in [0.3, 0.4) is 0 Å². The van der Waals surface area contributed by atoms with Gasteiger partial charge in [0.05, 0.1) is 6.61 Å². The average molecular weight is 351 g/mol. The van der Waals surface area contributed by atoms with Gasteiger partial charge in [-0.3, -0.25) is 4.79 Å². The quantitative estimate of drug-likeness (QED) is 0.707. The molecule has 0 saturated heterocycles. The Morgan fingerprint density at radius 1 is 1.41 bits per heavy atom. The first-order valence-corrected chi connectivity index (χ1v) is 7.44. The summed E-state index contributed by atoms with van der Waals surface area (Å²) in [5, 5.41) is 6.39. The van der Waals surface area contributed by atoms with E-state index in [0.29, 0.717) is 36.7 Å². The molecule has 7 heteroatoms. The number of benzene rings is 1. The molecular formula is C15H21Cl2FN2O2. The van der Waals surface area contributed by atoms with Crippen molar-refractivity contribution in [2.24, 2.45) is 5.92 Å². The fourth-order valence-corrected chi connectivity index (χ4v) is 2.68. The van der Waals surface area contributed by atoms with Crippen molar-refractivity contribution in [1.29, 1.82) is 0 Å². The van der Waals surface area contributed by atoms with Crippen molar-refractivity contribution >= 4 is 29.9 Å². The van der Waals surface area contributed by atoms with Crippen LogP contribution in [0.5, 0.6) is 0 Å². The van der Waals surface area contributed by atoms with E-state index in [1.165, 1.54) is 6.07 Å². The number of nitrogens with one attached hydrogen (secondary N) is 2. The highest BCUT2D eigenvalue weighted by Crippen LogP contribution is 2.50. The highest BCUT2D eigenvalue weighted by Gasteiger charge is 2.45. The Labute approximate surface area is 141 Å². The average Bonchev–Trinajstić information content (AvgIpc) is 3.22. The number of rotatable bonds is 8. The van der Waals surface area contributed by atoms with Crippen LogP contribution in [-0.2, 0) is 9.53 Å². The lowest BCUT2D eigenvalue weighted by Gasteiger charge is -2.07. The van der Waals surface area contributed by atoms with Gasteiger partial charge in [0.25, 0.3) is 0 Å². The Kier molecular flexibility index (Phi) is 8.10. The van der Waals surface area contributed by atoms with Gasteiger partial charge in [-0.1, -0.05) is 17.7 Å². The number of methoxy groups -OCH3 is 1. The summed E-state index contributed by atoms with van der Waals surface area (Å²) >= 11 is 6.02. The van der Waals surface area contributed by atoms with Crippen LogP contribution in [0.25, 0.3) is 0 Å². The summed E-state index contributed by atoms with van der Waals surface area (Å²) < 4.78 is 18.7. The van der Waals surface area contributed by atoms with Crippen LogP contribution in [0.2, 0.25) is 5.02 Å². The molecule has 4 nitrogen and oxygen atoms in total. The summed E-state index contributed by atoms with van der Waals surface area (Å²) in [6.07, 6.45) is 0.656. The molecule has 2 N–H and O–H groups in total. The largest absolute Gasteiger partial charge is 0.383 e. The van der Waals surface area contributed by atoms with Gasteiger partial charge in [-0.25, -0.2) is 4.39 Å². The zero-order chi connectivity index (χ0) is 15.2. The predicted molar refractivity (Wildman–Crippen MR) is 87.3 cm³/mol. The monoisotopic (exact) mass is 350 g/mol. The van der Waals surface area contributed by atoms with Gasteiger partial charge in [0.1, 0.15) is 5.82 Å². The van der Waals surface area contributed by atoms with Crippen molar-refractivity contribution in [3.05, 3.63) is 34.6 Å². The molecule has 2 unspecified atom stereocenters. The second-order valence-corrected chi connectivity index (χ2v) is 5.53. The van der Waals surface area contributed by atoms with E-state index < -0.39 is 0 Å². The lowest BCUT2D eigenvalue weighted by molar-refractivity contribution is -0.122. The molecule has 1 aliphatic rings. The van der Waals surface area contributed by atoms with Crippen LogP contribution < -0.4 is 10.6 Å². The van der Waals surface area contributed by atoms with Gasteiger partial charge >= 0.3 is 0 Å². The first-order chi connectivity index (χ1) is 10.1. The van der Waals surface area contributed by atoms with E-state index in [-0.39, 0.29) is 36.0 Å². The summed E-state index contributed by atoms with van der Waals surface area (Å²) in [7, 11) is 1.64. The smallest absolute Gasteiger partial charge is 0.223 e. The zero-order valence-electron chi connectivity index (χ0n) is 12.4. The van der Waals surface area contributed by atoms with Gasteiger partial charge in [-0.2, -0.15) is 0 Å². The molecule has 1 fully saturated rings. The second kappa shape index (κ2) is 9.30. The Hall–Kier alpha value is -0.880. The first kappa shape index (κ1) is 19.2. The lowest BCUT2D eigenvalue weighted by atomic mass is 10.1. The third-order valence-electron chi connectivity index (χ3n) is 3.58. The molecule has 1 saturated carbocycles. The molecule has 1 aromatic carbocycles. The van der Waals surface area contributed by atoms with Gasteiger partial charge in [0, 0.05) is 49.2 Å². The molecule has 1 amide bonds. The molecule has 0 radical (unpaired) electrons. The number of halogens is 3. The van der Waals surface area contributed by atoms with Crippen LogP contribution in [-0.4, -0.2) is 39.3 Å². The van der Waals surface area contributed by atoms with E-state index in [1.54, 1.807) is 19.2 Å². The van der Waals surface area contributed by atoms with E-state index in [9.17, 15) is 9.18 Å². The third kappa shape index (κ3) is 5.09. The van der Waals surface area contributed by atoms with Crippen molar-refractivity contribution in [1.82, 2.24) is 10.6 Å². The summed E-state index contributed by atoms with van der Waals surface area (Å²) in [5.41, 5.74) is 0.470. The summed E-state index contributed by atoms with van der Waals surface area (Å²) in [5.74, 6) is -0.629. The molecule has 2 atom stereocenters. The van der Waals surface area contributed by atoms with Crippen LogP contribution in [0.15, 0.2) is 18.2 Å². The minimum atomic E-state index is -0.330. The van der Waals surface area contributed by atoms with E-state index in [4.69, 9.17) is 16.3 Å². The highest BCUT2D eigenvalue weighted by atomic mass is 35.5. The molecule has 2 rings (SSSR count). The molecule has 0 bridgehead atoms. The lowest BCUT2D eigenvalue weighted by Crippen LogP contribution is -2.34. The van der Waals surface area contributed by atoms with Crippen LogP contribution in [0.4, 0.5) is 4.39 Å². The van der Waals surface area contributed by atoms with E-state index >= 15 is 0 Å². The number of amides is 1. The number of carbonyl (C=O) groups excluding carboxylic acids is 1. The fourth-order valence-electron chi connectivity index (χ4n) is 2.37. The van der Waals surface area contributed by atoms with Crippen molar-refractivity contribution < 1.29 is 13.9 Å². The number of hydrogen-bond donors (Lipinski definition) is 2. The molecular weight excluding hydrogens is 330 g/mol. The standard InChI is InChI=1S/C15H20ClFN2O2.ClH/c1-21-8-7-18-5-6-19-15(20)11-9-10(11)14-12(16)3-2-4-13(14)17;/h2-4,10-11,18H,5-9H2,1H3,(H,19,20);1H. The number of hydrogen-bond acceptors (Lipinski definition) is 3. The normalized spacial score (nSPS) is 19.4. The van der Waals surface area contributed by atoms with Crippen LogP contribution >= 0.6 is 24.0 Å². The SMILES string of the molecule is COCCNCCNC(=O)C1CC1c1c(F)cccc1Cl.Cl. The minimum absolute atomic E-state index is 0. The number of ether oxygens (including phenoxy) is 1. The Balaban J connectivity index is 0.00000242. The number of carbonyl (C=O) groups is 1. The van der Waals surface area contributed by atoms with Crippen molar-refractivity contribution in [3.8, 4) is 0 Å². The molecule has 0 heterocycles. The second-order valence-electron chi connectivity index (χ2n) is 5.12. The Morgan fingerprint density at radius 2 is 2.18 bits per heavy atom. The maximum Gasteiger partial charge on any atom is 0.223 e. The minimum Gasteiger partial charge on any atom is -0.383 e. The van der Waals surface area contributed by atoms with Gasteiger partial charge in [-0.15, -0.1) is 12.4 Å². The molecule has 1 aromatic rings. The zero-order valence-corrected chi connectivity index (χ0v) is 14.0. The van der Waals surface area contributed by atoms with Crippen LogP contribution in [0.1, 0.15) is 17.9 Å². The molecule has 0 aromatic heterocycles. The van der Waals surface area contributed by atoms with Crippen LogP contribution in [0, 0.1) is 11.7 Å². The molecule has 1 aliphatic carbocycles. The maximum atomic E-state index is 13.8. The van der Waals surface area contributed by atoms with E-state index in [0.717, 1.165) is 6.54 Å². The maximum absolute atomic E-state index is 13.8. The molecule has 0 spiro atoms. The third-order valence-corrected chi connectivity index (χ3v) is 3.91. The van der Waals surface area contributed by atoms with Crippen molar-refractivity contribution in [2.45, 2.75) is 12.3 Å². The summed E-state index contributed by atoms with van der Waals surface area (Å²) in [4.78, 5) is 12.0. The Bertz CT molecular complexity index is 482. The first-order valence-electron chi connectivity index (χ1n) is 7.06. The highest BCUT2D eigenvalue weighted by molar-refractivity contribution is 6.31. The topological polar surface area (TPSA) is 50.4 Å². The Morgan fingerprint density at radius 3 is 2.86 bits per heavy atom. The van der Waals surface area contributed by atoms with Crippen molar-refractivity contribution in [2.75, 3.05) is 33.4 Å². The van der Waals surface area contributed by atoms with Gasteiger partial charge in [-0.05, 0) is 18.6 Å². The van der Waals surface area contributed by atoms with Gasteiger partial charge < -0.3 is 15.4 Å². The molecule has 124 valence electrons. The summed E-state index contributed by atoms with van der Waals surface area (Å²) in [6, 6.07) is 4.62. The van der Waals surface area contributed by atoms with Gasteiger partial charge in [0.15, 0.2) is 0 Å². The van der Waals surface area contributed by atoms with E-state index in [2.05, 4.69) is 10.6 Å². The fraction of sp³-hybridized carbons (Fsp3) is 0.533. The molecule has 22 heavy (non-hydrogen) atoms. The van der Waals surface area contributed by atoms with Crippen molar-refractivity contribution in [3.63, 3.8) is 0 Å². The van der Waals surface area contributed by atoms with Gasteiger partial charge in [0.2, 0.25) is 5.91 Å². The van der Waals surface area contributed by atoms with E-state index in [1.807, 2.05) is 0 Å². The molecule has 0 aliphatic heterocycles. The summed E-state index contributed by atoms with van der Waals surface area (Å²) in [6.45, 7) is 2.64. The predicted octanol–water partition coefficient (Wildman–Crippen LogP) is 2.36.